The van der Waals surface area contributed by atoms with Crippen molar-refractivity contribution in [3.05, 3.63) is 132 Å². The van der Waals surface area contributed by atoms with Crippen LogP contribution in [0.3, 0.4) is 0 Å². The van der Waals surface area contributed by atoms with Gasteiger partial charge in [-0.25, -0.2) is 0 Å². The molecular formula is C34H32N2NiO2S2. The summed E-state index contributed by atoms with van der Waals surface area (Å²) in [4.78, 5) is 10.3. The minimum atomic E-state index is 0. The molecule has 4 aromatic rings. The van der Waals surface area contributed by atoms with Crippen molar-refractivity contribution >= 4 is 58.9 Å². The van der Waals surface area contributed by atoms with Crippen LogP contribution in [-0.4, -0.2) is 25.6 Å². The van der Waals surface area contributed by atoms with Crippen LogP contribution in [0.15, 0.2) is 131 Å². The van der Waals surface area contributed by atoms with E-state index in [0.29, 0.717) is 13.2 Å². The molecule has 0 spiro atoms. The van der Waals surface area contributed by atoms with Crippen LogP contribution in [0.2, 0.25) is 0 Å². The summed E-state index contributed by atoms with van der Waals surface area (Å²) in [6.07, 6.45) is 7.08. The molecule has 0 atom stereocenters. The molecule has 0 radical (unpaired) electrons. The molecule has 0 unspecified atom stereocenters. The van der Waals surface area contributed by atoms with Gasteiger partial charge in [0.2, 0.25) is 0 Å². The predicted molar refractivity (Wildman–Crippen MR) is 175 cm³/mol. The molecule has 4 rings (SSSR count). The molecule has 4 aromatic carbocycles. The van der Waals surface area contributed by atoms with Crippen molar-refractivity contribution in [3.63, 3.8) is 0 Å². The zero-order chi connectivity index (χ0) is 28.4. The van der Waals surface area contributed by atoms with E-state index >= 15 is 0 Å². The molecular weight excluding hydrogens is 591 g/mol. The molecule has 212 valence electrons. The number of benzene rings is 4. The molecule has 0 fully saturated rings. The number of ether oxygens (including phenoxy) is 2. The quantitative estimate of drug-likeness (QED) is 0.101. The fourth-order valence-corrected chi connectivity index (χ4v) is 3.84. The summed E-state index contributed by atoms with van der Waals surface area (Å²) in [6.45, 7) is 5.16. The van der Waals surface area contributed by atoms with Gasteiger partial charge in [-0.3, -0.25) is 9.98 Å². The Balaban J connectivity index is 0.000000280. The SMILES string of the molecule is CCOc1ccccc1N=C/C=C(\[S-])c1ccccc1.CCOc1ccccc1N=C/C=C(\[S-])c1ccccc1.[Ni+2]. The molecule has 0 heterocycles. The standard InChI is InChI=1S/2C17H17NOS.Ni/c2*1-2-19-16-11-7-6-10-15(16)18-13-12-17(20)14-8-4-3-5-9-14;/h2*3-13,20H,2H2,1H3;/q;;+2/p-2/b2*17-12-,18-13?;. The van der Waals surface area contributed by atoms with Gasteiger partial charge in [0, 0.05) is 12.4 Å². The Morgan fingerprint density at radius 1 is 0.561 bits per heavy atom. The third kappa shape index (κ3) is 11.7. The van der Waals surface area contributed by atoms with E-state index in [1.807, 2.05) is 135 Å². The van der Waals surface area contributed by atoms with E-state index in [1.54, 1.807) is 12.4 Å². The minimum Gasteiger partial charge on any atom is -0.779 e. The normalized spacial score (nSPS) is 11.5. The predicted octanol–water partition coefficient (Wildman–Crippen LogP) is 8.75. The topological polar surface area (TPSA) is 43.2 Å². The van der Waals surface area contributed by atoms with Gasteiger partial charge in [0.05, 0.1) is 13.2 Å². The number of para-hydroxylation sites is 4. The molecule has 41 heavy (non-hydrogen) atoms. The van der Waals surface area contributed by atoms with Crippen molar-refractivity contribution in [1.29, 1.82) is 0 Å². The first-order valence-corrected chi connectivity index (χ1v) is 13.8. The van der Waals surface area contributed by atoms with Gasteiger partial charge in [0.25, 0.3) is 0 Å². The van der Waals surface area contributed by atoms with Crippen LogP contribution < -0.4 is 9.47 Å². The van der Waals surface area contributed by atoms with Gasteiger partial charge in [-0.2, -0.15) is 9.81 Å². The molecule has 0 amide bonds. The van der Waals surface area contributed by atoms with Gasteiger partial charge in [-0.1, -0.05) is 97.1 Å². The van der Waals surface area contributed by atoms with Gasteiger partial charge in [-0.15, -0.1) is 0 Å². The number of rotatable bonds is 10. The van der Waals surface area contributed by atoms with Crippen molar-refractivity contribution in [2.75, 3.05) is 13.2 Å². The molecule has 0 aliphatic heterocycles. The monoisotopic (exact) mass is 622 g/mol. The van der Waals surface area contributed by atoms with E-state index in [4.69, 9.17) is 34.7 Å². The van der Waals surface area contributed by atoms with Gasteiger partial charge in [0.15, 0.2) is 0 Å². The number of hydrogen-bond donors (Lipinski definition) is 0. The summed E-state index contributed by atoms with van der Waals surface area (Å²) < 4.78 is 11.0. The van der Waals surface area contributed by atoms with E-state index in [2.05, 4.69) is 9.98 Å². The Bertz CT molecular complexity index is 1330. The molecule has 0 bridgehead atoms. The number of aliphatic imine (C=N–C) groups is 2. The van der Waals surface area contributed by atoms with Crippen LogP contribution in [0.1, 0.15) is 25.0 Å². The van der Waals surface area contributed by atoms with Crippen LogP contribution in [-0.2, 0) is 41.7 Å². The first kappa shape index (κ1) is 33.4. The number of allylic oxidation sites excluding steroid dienone is 2. The maximum atomic E-state index is 5.52. The summed E-state index contributed by atoms with van der Waals surface area (Å²) in [6, 6.07) is 35.2. The first-order chi connectivity index (χ1) is 19.6. The Morgan fingerprint density at radius 2 is 0.902 bits per heavy atom. The molecule has 0 aliphatic rings. The van der Waals surface area contributed by atoms with E-state index in [0.717, 1.165) is 43.8 Å². The first-order valence-electron chi connectivity index (χ1n) is 13.0. The van der Waals surface area contributed by atoms with Gasteiger partial charge in [-0.05, 0) is 49.2 Å². The molecule has 0 aromatic heterocycles. The number of hydrogen-bond acceptors (Lipinski definition) is 6. The fourth-order valence-electron chi connectivity index (χ4n) is 3.45. The summed E-state index contributed by atoms with van der Waals surface area (Å²) in [5, 5.41) is 0. The van der Waals surface area contributed by atoms with Crippen molar-refractivity contribution < 1.29 is 26.0 Å². The average Bonchev–Trinajstić information content (AvgIpc) is 3.00. The molecule has 0 saturated heterocycles. The second-order valence-corrected chi connectivity index (χ2v) is 9.03. The summed E-state index contributed by atoms with van der Waals surface area (Å²) in [5.41, 5.74) is 3.65. The maximum absolute atomic E-state index is 5.52. The smallest absolute Gasteiger partial charge is 0.779 e. The second-order valence-electron chi connectivity index (χ2n) is 8.15. The second kappa shape index (κ2) is 19.3. The Morgan fingerprint density at radius 3 is 1.27 bits per heavy atom. The zero-order valence-corrected chi connectivity index (χ0v) is 25.6. The van der Waals surface area contributed by atoms with Crippen molar-refractivity contribution in [2.45, 2.75) is 13.8 Å². The van der Waals surface area contributed by atoms with Crippen molar-refractivity contribution in [3.8, 4) is 11.5 Å². The number of nitrogens with zero attached hydrogens (tertiary/aromatic N) is 2. The fraction of sp³-hybridized carbons (Fsp3) is 0.118. The van der Waals surface area contributed by atoms with E-state index in [-0.39, 0.29) is 16.5 Å². The van der Waals surface area contributed by atoms with E-state index in [1.165, 1.54) is 0 Å². The summed E-state index contributed by atoms with van der Waals surface area (Å²) in [5.74, 6) is 1.57. The Hall–Kier alpha value is -3.77. The third-order valence-electron chi connectivity index (χ3n) is 5.33. The van der Waals surface area contributed by atoms with Crippen molar-refractivity contribution in [1.82, 2.24) is 0 Å². The van der Waals surface area contributed by atoms with Crippen LogP contribution >= 0.6 is 0 Å². The summed E-state index contributed by atoms with van der Waals surface area (Å²) in [7, 11) is 0. The molecule has 0 N–H and O–H groups in total. The molecule has 0 saturated carbocycles. The molecule has 4 nitrogen and oxygen atoms in total. The molecule has 0 aliphatic carbocycles. The molecule has 7 heteroatoms. The van der Waals surface area contributed by atoms with Gasteiger partial charge >= 0.3 is 16.5 Å². The maximum Gasteiger partial charge on any atom is 2.00 e. The third-order valence-corrected chi connectivity index (χ3v) is 6.07. The minimum absolute atomic E-state index is 0. The van der Waals surface area contributed by atoms with Gasteiger partial charge < -0.3 is 34.7 Å². The van der Waals surface area contributed by atoms with E-state index in [9.17, 15) is 0 Å². The van der Waals surface area contributed by atoms with Crippen molar-refractivity contribution in [2.24, 2.45) is 9.98 Å². The van der Waals surface area contributed by atoms with E-state index < -0.39 is 0 Å². The van der Waals surface area contributed by atoms with Crippen LogP contribution in [0.25, 0.3) is 9.81 Å². The Labute approximate surface area is 264 Å². The Kier molecular flexibility index (Phi) is 15.8. The average molecular weight is 623 g/mol. The van der Waals surface area contributed by atoms with Crippen LogP contribution in [0.4, 0.5) is 11.4 Å². The largest absolute Gasteiger partial charge is 2.00 e. The van der Waals surface area contributed by atoms with Gasteiger partial charge in [0.1, 0.15) is 22.9 Å². The zero-order valence-electron chi connectivity index (χ0n) is 23.0. The van der Waals surface area contributed by atoms with Crippen LogP contribution in [0, 0.1) is 0 Å². The van der Waals surface area contributed by atoms with Crippen LogP contribution in [0.5, 0.6) is 11.5 Å². The summed E-state index contributed by atoms with van der Waals surface area (Å²) >= 11 is 10.7.